The molecular formula is C26H36N2O. The number of rotatable bonds is 3. The van der Waals surface area contributed by atoms with Crippen molar-refractivity contribution in [2.24, 2.45) is 0 Å². The predicted molar refractivity (Wildman–Crippen MR) is 124 cm³/mol. The maximum Gasteiger partial charge on any atom is 0.119 e. The highest BCUT2D eigenvalue weighted by Crippen LogP contribution is 2.50. The number of ether oxygens (including phenoxy) is 1. The average Bonchev–Trinajstić information content (AvgIpc) is 2.60. The summed E-state index contributed by atoms with van der Waals surface area (Å²) >= 11 is 0. The highest BCUT2D eigenvalue weighted by molar-refractivity contribution is 5.66. The van der Waals surface area contributed by atoms with Gasteiger partial charge in [0.2, 0.25) is 0 Å². The lowest BCUT2D eigenvalue weighted by Crippen LogP contribution is -2.45. The van der Waals surface area contributed by atoms with Crippen molar-refractivity contribution in [2.75, 3.05) is 17.2 Å². The van der Waals surface area contributed by atoms with Crippen LogP contribution in [-0.2, 0) is 5.41 Å². The summed E-state index contributed by atoms with van der Waals surface area (Å²) in [7, 11) is 0. The van der Waals surface area contributed by atoms with E-state index in [4.69, 9.17) is 4.74 Å². The quantitative estimate of drug-likeness (QED) is 0.611. The lowest BCUT2D eigenvalue weighted by molar-refractivity contribution is 0.335. The zero-order valence-electron chi connectivity index (χ0n) is 19.1. The molecule has 29 heavy (non-hydrogen) atoms. The van der Waals surface area contributed by atoms with Crippen LogP contribution in [0.2, 0.25) is 0 Å². The molecule has 0 bridgehead atoms. The minimum atomic E-state index is -0.0705. The Morgan fingerprint density at radius 2 is 1.62 bits per heavy atom. The Balaban J connectivity index is 1.84. The Morgan fingerprint density at radius 1 is 0.931 bits per heavy atom. The standard InChI is InChI=1S/C26H36N2O/c1-8-29-19-10-12-23-21(14-19)26(7,16-25(5,6)28-23)18-9-11-22-20(13-18)17(2)15-24(3,4)27-22/h9-14,17,27-28H,8,15-16H2,1-7H3. The first-order valence-corrected chi connectivity index (χ1v) is 11.0. The molecule has 3 nitrogen and oxygen atoms in total. The number of benzene rings is 2. The van der Waals surface area contributed by atoms with Gasteiger partial charge >= 0.3 is 0 Å². The van der Waals surface area contributed by atoms with E-state index in [0.717, 1.165) is 18.6 Å². The topological polar surface area (TPSA) is 33.3 Å². The number of nitrogens with one attached hydrogen (secondary N) is 2. The van der Waals surface area contributed by atoms with Gasteiger partial charge in [-0.25, -0.2) is 0 Å². The van der Waals surface area contributed by atoms with Crippen LogP contribution in [-0.4, -0.2) is 17.7 Å². The molecule has 2 atom stereocenters. The first-order valence-electron chi connectivity index (χ1n) is 11.0. The molecule has 2 heterocycles. The third-order valence-electron chi connectivity index (χ3n) is 6.67. The fourth-order valence-corrected chi connectivity index (χ4v) is 5.71. The fourth-order valence-electron chi connectivity index (χ4n) is 5.71. The van der Waals surface area contributed by atoms with Crippen molar-refractivity contribution in [2.45, 2.75) is 83.7 Å². The molecule has 4 rings (SSSR count). The molecule has 2 unspecified atom stereocenters. The van der Waals surface area contributed by atoms with Crippen molar-refractivity contribution in [3.05, 3.63) is 53.1 Å². The molecular weight excluding hydrogens is 356 g/mol. The summed E-state index contributed by atoms with van der Waals surface area (Å²) in [5.74, 6) is 1.50. The lowest BCUT2D eigenvalue weighted by atomic mass is 9.65. The molecule has 2 aromatic rings. The van der Waals surface area contributed by atoms with E-state index < -0.39 is 0 Å². The van der Waals surface area contributed by atoms with Crippen LogP contribution in [0.3, 0.4) is 0 Å². The van der Waals surface area contributed by atoms with Gasteiger partial charge in [-0.15, -0.1) is 0 Å². The first-order chi connectivity index (χ1) is 13.5. The number of hydrogen-bond donors (Lipinski definition) is 2. The van der Waals surface area contributed by atoms with Crippen LogP contribution in [0, 0.1) is 0 Å². The molecule has 0 radical (unpaired) electrons. The molecule has 0 spiro atoms. The van der Waals surface area contributed by atoms with Crippen LogP contribution in [0.5, 0.6) is 5.75 Å². The molecule has 0 aliphatic carbocycles. The van der Waals surface area contributed by atoms with E-state index in [-0.39, 0.29) is 16.5 Å². The molecule has 0 aromatic heterocycles. The highest BCUT2D eigenvalue weighted by Gasteiger charge is 2.42. The van der Waals surface area contributed by atoms with Gasteiger partial charge in [0.1, 0.15) is 5.75 Å². The Labute approximate surface area is 176 Å². The van der Waals surface area contributed by atoms with E-state index in [1.165, 1.54) is 28.1 Å². The van der Waals surface area contributed by atoms with Crippen molar-refractivity contribution in [3.8, 4) is 5.75 Å². The van der Waals surface area contributed by atoms with Gasteiger partial charge in [-0.1, -0.05) is 26.0 Å². The second-order valence-corrected chi connectivity index (χ2v) is 10.6. The molecule has 2 N–H and O–H groups in total. The van der Waals surface area contributed by atoms with Crippen LogP contribution in [0.25, 0.3) is 0 Å². The van der Waals surface area contributed by atoms with Crippen LogP contribution in [0.4, 0.5) is 11.4 Å². The van der Waals surface area contributed by atoms with E-state index in [2.05, 4.69) is 88.6 Å². The van der Waals surface area contributed by atoms with Gasteiger partial charge in [-0.05, 0) is 94.3 Å². The Kier molecular flexibility index (Phi) is 4.64. The molecule has 2 aromatic carbocycles. The minimum Gasteiger partial charge on any atom is -0.494 e. The summed E-state index contributed by atoms with van der Waals surface area (Å²) in [5, 5.41) is 7.48. The van der Waals surface area contributed by atoms with Crippen LogP contribution < -0.4 is 15.4 Å². The predicted octanol–water partition coefficient (Wildman–Crippen LogP) is 6.68. The summed E-state index contributed by atoms with van der Waals surface area (Å²) in [5.41, 5.74) is 6.79. The smallest absolute Gasteiger partial charge is 0.119 e. The Hall–Kier alpha value is -2.16. The highest BCUT2D eigenvalue weighted by atomic mass is 16.5. The maximum atomic E-state index is 5.85. The van der Waals surface area contributed by atoms with Gasteiger partial charge in [-0.2, -0.15) is 0 Å². The third-order valence-corrected chi connectivity index (χ3v) is 6.67. The summed E-state index contributed by atoms with van der Waals surface area (Å²) in [6.07, 6.45) is 2.19. The van der Waals surface area contributed by atoms with Crippen molar-refractivity contribution >= 4 is 11.4 Å². The molecule has 0 amide bonds. The normalized spacial score (nSPS) is 26.5. The SMILES string of the molecule is CCOc1ccc2c(c1)C(C)(c1ccc3c(c1)C(C)CC(C)(C)N3)CC(C)(C)N2. The van der Waals surface area contributed by atoms with Gasteiger partial charge in [0, 0.05) is 27.9 Å². The van der Waals surface area contributed by atoms with Gasteiger partial charge in [0.25, 0.3) is 0 Å². The van der Waals surface area contributed by atoms with E-state index in [9.17, 15) is 0 Å². The first kappa shape index (κ1) is 20.1. The second kappa shape index (κ2) is 6.68. The molecule has 2 aliphatic rings. The zero-order chi connectivity index (χ0) is 21.0. The van der Waals surface area contributed by atoms with Gasteiger partial charge in [0.15, 0.2) is 0 Å². The van der Waals surface area contributed by atoms with E-state index in [0.29, 0.717) is 12.5 Å². The average molecular weight is 393 g/mol. The van der Waals surface area contributed by atoms with Gasteiger partial charge in [0.05, 0.1) is 6.61 Å². The number of hydrogen-bond acceptors (Lipinski definition) is 3. The molecule has 156 valence electrons. The van der Waals surface area contributed by atoms with Crippen LogP contribution in [0.1, 0.15) is 83.9 Å². The number of anilines is 2. The van der Waals surface area contributed by atoms with Crippen LogP contribution >= 0.6 is 0 Å². The van der Waals surface area contributed by atoms with Crippen molar-refractivity contribution in [3.63, 3.8) is 0 Å². The van der Waals surface area contributed by atoms with E-state index >= 15 is 0 Å². The van der Waals surface area contributed by atoms with E-state index in [1.54, 1.807) is 0 Å². The fraction of sp³-hybridized carbons (Fsp3) is 0.538. The molecule has 2 aliphatic heterocycles. The second-order valence-electron chi connectivity index (χ2n) is 10.6. The molecule has 3 heteroatoms. The Morgan fingerprint density at radius 3 is 2.34 bits per heavy atom. The summed E-state index contributed by atoms with van der Waals surface area (Å²) in [4.78, 5) is 0. The largest absolute Gasteiger partial charge is 0.494 e. The summed E-state index contributed by atoms with van der Waals surface area (Å²) in [6, 6.07) is 13.6. The van der Waals surface area contributed by atoms with Crippen molar-refractivity contribution < 1.29 is 4.74 Å². The minimum absolute atomic E-state index is 0.0244. The third kappa shape index (κ3) is 3.60. The summed E-state index contributed by atoms with van der Waals surface area (Å²) in [6.45, 7) is 16.7. The monoisotopic (exact) mass is 392 g/mol. The van der Waals surface area contributed by atoms with Crippen LogP contribution in [0.15, 0.2) is 36.4 Å². The number of fused-ring (bicyclic) bond motifs is 2. The van der Waals surface area contributed by atoms with Gasteiger partial charge in [-0.3, -0.25) is 0 Å². The van der Waals surface area contributed by atoms with Gasteiger partial charge < -0.3 is 15.4 Å². The maximum absolute atomic E-state index is 5.85. The zero-order valence-corrected chi connectivity index (χ0v) is 19.1. The summed E-state index contributed by atoms with van der Waals surface area (Å²) < 4.78 is 5.85. The van der Waals surface area contributed by atoms with Crippen molar-refractivity contribution in [1.29, 1.82) is 0 Å². The molecule has 0 saturated carbocycles. The van der Waals surface area contributed by atoms with Crippen molar-refractivity contribution in [1.82, 2.24) is 0 Å². The Bertz CT molecular complexity index is 930. The lowest BCUT2D eigenvalue weighted by Gasteiger charge is -2.46. The molecule has 0 fully saturated rings. The van der Waals surface area contributed by atoms with E-state index in [1.807, 2.05) is 6.92 Å². The molecule has 0 saturated heterocycles.